The van der Waals surface area contributed by atoms with Gasteiger partial charge in [-0.3, -0.25) is 10.1 Å². The molecule has 104 valence electrons. The number of nitro benzene ring substituents is 1. The largest absolute Gasteiger partial charge is 0.293 e. The molecule has 0 N–H and O–H groups in total. The zero-order valence-electron chi connectivity index (χ0n) is 10.6. The van der Waals surface area contributed by atoms with Gasteiger partial charge in [0.25, 0.3) is 5.69 Å². The molecule has 0 saturated heterocycles. The lowest BCUT2D eigenvalue weighted by Gasteiger charge is -2.22. The van der Waals surface area contributed by atoms with E-state index in [0.29, 0.717) is 5.69 Å². The van der Waals surface area contributed by atoms with E-state index in [1.807, 2.05) is 0 Å². The molecule has 0 unspecified atom stereocenters. The summed E-state index contributed by atoms with van der Waals surface area (Å²) in [4.78, 5) is 10.5. The van der Waals surface area contributed by atoms with Crippen molar-refractivity contribution < 1.29 is 13.3 Å². The first-order valence-corrected chi connectivity index (χ1v) is 7.55. The van der Waals surface area contributed by atoms with Crippen LogP contribution in [0.1, 0.15) is 0 Å². The van der Waals surface area contributed by atoms with Gasteiger partial charge >= 0.3 is 0 Å². The topological polar surface area (TPSA) is 80.5 Å². The van der Waals surface area contributed by atoms with Gasteiger partial charge in [-0.2, -0.15) is 0 Å². The van der Waals surface area contributed by atoms with Gasteiger partial charge in [0.1, 0.15) is 5.69 Å². The highest BCUT2D eigenvalue weighted by molar-refractivity contribution is 7.92. The Labute approximate surface area is 116 Å². The van der Waals surface area contributed by atoms with Crippen molar-refractivity contribution in [2.45, 2.75) is 0 Å². The minimum absolute atomic E-state index is 0.0196. The number of benzene rings is 2. The standard InChI is InChI=1S/C13H12N2O4S/c1-20(18,19)14(11-7-3-2-4-8-11)12-9-5-6-10-13(12)15(16)17/h2-10H,1H3. The zero-order chi connectivity index (χ0) is 14.8. The monoisotopic (exact) mass is 292 g/mol. The first-order valence-electron chi connectivity index (χ1n) is 5.70. The van der Waals surface area contributed by atoms with E-state index in [-0.39, 0.29) is 11.4 Å². The summed E-state index contributed by atoms with van der Waals surface area (Å²) in [5, 5.41) is 11.1. The number of rotatable bonds is 4. The second kappa shape index (κ2) is 5.30. The van der Waals surface area contributed by atoms with Gasteiger partial charge in [-0.05, 0) is 18.2 Å². The van der Waals surface area contributed by atoms with Crippen LogP contribution in [0.25, 0.3) is 0 Å². The Balaban J connectivity index is 2.69. The number of nitrogens with zero attached hydrogens (tertiary/aromatic N) is 2. The molecule has 0 heterocycles. The van der Waals surface area contributed by atoms with Crippen molar-refractivity contribution in [1.82, 2.24) is 0 Å². The molecule has 7 heteroatoms. The van der Waals surface area contributed by atoms with Crippen LogP contribution < -0.4 is 4.31 Å². The van der Waals surface area contributed by atoms with Gasteiger partial charge in [0, 0.05) is 6.07 Å². The summed E-state index contributed by atoms with van der Waals surface area (Å²) in [6.45, 7) is 0. The van der Waals surface area contributed by atoms with E-state index < -0.39 is 14.9 Å². The van der Waals surface area contributed by atoms with Crippen molar-refractivity contribution in [3.8, 4) is 0 Å². The molecule has 0 spiro atoms. The lowest BCUT2D eigenvalue weighted by Crippen LogP contribution is -2.25. The number of hydrogen-bond donors (Lipinski definition) is 0. The first-order chi connectivity index (χ1) is 9.41. The molecule has 0 aliphatic heterocycles. The molecular formula is C13H12N2O4S. The van der Waals surface area contributed by atoms with Crippen LogP contribution in [0.15, 0.2) is 54.6 Å². The predicted molar refractivity (Wildman–Crippen MR) is 76.5 cm³/mol. The van der Waals surface area contributed by atoms with Crippen molar-refractivity contribution in [3.05, 3.63) is 64.7 Å². The second-order valence-corrected chi connectivity index (χ2v) is 5.94. The van der Waals surface area contributed by atoms with Crippen molar-refractivity contribution in [1.29, 1.82) is 0 Å². The molecule has 2 rings (SSSR count). The number of anilines is 2. The molecule has 0 fully saturated rings. The lowest BCUT2D eigenvalue weighted by atomic mass is 10.2. The van der Waals surface area contributed by atoms with Crippen LogP contribution in [0.3, 0.4) is 0 Å². The predicted octanol–water partition coefficient (Wildman–Crippen LogP) is 2.69. The summed E-state index contributed by atoms with van der Waals surface area (Å²) in [5.41, 5.74) is 0.109. The van der Waals surface area contributed by atoms with Crippen LogP contribution in [-0.2, 0) is 10.0 Å². The Morgan fingerprint density at radius 2 is 1.55 bits per heavy atom. The highest BCUT2D eigenvalue weighted by Crippen LogP contribution is 2.35. The minimum atomic E-state index is -3.70. The first kappa shape index (κ1) is 14.0. The summed E-state index contributed by atoms with van der Waals surface area (Å²) < 4.78 is 25.0. The third-order valence-electron chi connectivity index (χ3n) is 2.62. The van der Waals surface area contributed by atoms with Gasteiger partial charge in [-0.25, -0.2) is 12.7 Å². The Morgan fingerprint density at radius 3 is 2.10 bits per heavy atom. The third-order valence-corrected chi connectivity index (χ3v) is 3.69. The van der Waals surface area contributed by atoms with E-state index >= 15 is 0 Å². The average Bonchev–Trinajstić information content (AvgIpc) is 2.39. The second-order valence-electron chi connectivity index (χ2n) is 4.11. The summed E-state index contributed by atoms with van der Waals surface area (Å²) in [6.07, 6.45) is 1.01. The molecule has 0 aromatic heterocycles. The molecule has 20 heavy (non-hydrogen) atoms. The molecule has 0 saturated carbocycles. The van der Waals surface area contributed by atoms with Crippen LogP contribution in [0.5, 0.6) is 0 Å². The molecule has 0 aliphatic rings. The van der Waals surface area contributed by atoms with E-state index in [1.54, 1.807) is 36.4 Å². The molecule has 6 nitrogen and oxygen atoms in total. The molecule has 2 aromatic carbocycles. The van der Waals surface area contributed by atoms with Crippen LogP contribution in [0.2, 0.25) is 0 Å². The molecule has 0 atom stereocenters. The van der Waals surface area contributed by atoms with Crippen LogP contribution in [0.4, 0.5) is 17.1 Å². The van der Waals surface area contributed by atoms with Gasteiger partial charge in [-0.1, -0.05) is 30.3 Å². The smallest absolute Gasteiger partial charge is 0.258 e. The summed E-state index contributed by atoms with van der Waals surface area (Å²) in [6, 6.07) is 14.0. The normalized spacial score (nSPS) is 11.1. The van der Waals surface area contributed by atoms with Gasteiger partial charge < -0.3 is 0 Å². The fourth-order valence-electron chi connectivity index (χ4n) is 1.86. The maximum atomic E-state index is 12.0. The van der Waals surface area contributed by atoms with Crippen LogP contribution in [-0.4, -0.2) is 19.6 Å². The molecule has 0 amide bonds. The van der Waals surface area contributed by atoms with Gasteiger partial charge in [-0.15, -0.1) is 0 Å². The summed E-state index contributed by atoms with van der Waals surface area (Å²) in [5.74, 6) is 0. The SMILES string of the molecule is CS(=O)(=O)N(c1ccccc1)c1ccccc1[N+](=O)[O-]. The quantitative estimate of drug-likeness (QED) is 0.641. The fraction of sp³-hybridized carbons (Fsp3) is 0.0769. The van der Waals surface area contributed by atoms with Crippen molar-refractivity contribution in [2.24, 2.45) is 0 Å². The Kier molecular flexibility index (Phi) is 3.71. The average molecular weight is 292 g/mol. The zero-order valence-corrected chi connectivity index (χ0v) is 11.4. The summed E-state index contributed by atoms with van der Waals surface area (Å²) >= 11 is 0. The van der Waals surface area contributed by atoms with Crippen LogP contribution in [0, 0.1) is 10.1 Å². The van der Waals surface area contributed by atoms with Crippen molar-refractivity contribution in [3.63, 3.8) is 0 Å². The highest BCUT2D eigenvalue weighted by atomic mass is 32.2. The number of nitro groups is 1. The number of para-hydroxylation sites is 3. The summed E-state index contributed by atoms with van der Waals surface area (Å²) in [7, 11) is -3.70. The van der Waals surface area contributed by atoms with Crippen LogP contribution >= 0.6 is 0 Å². The molecule has 0 aliphatic carbocycles. The van der Waals surface area contributed by atoms with E-state index in [0.717, 1.165) is 10.6 Å². The van der Waals surface area contributed by atoms with Crippen molar-refractivity contribution in [2.75, 3.05) is 10.6 Å². The van der Waals surface area contributed by atoms with E-state index in [1.165, 1.54) is 18.2 Å². The number of sulfonamides is 1. The van der Waals surface area contributed by atoms with E-state index in [2.05, 4.69) is 0 Å². The lowest BCUT2D eigenvalue weighted by molar-refractivity contribution is -0.384. The fourth-order valence-corrected chi connectivity index (χ4v) is 2.88. The van der Waals surface area contributed by atoms with Gasteiger partial charge in [0.05, 0.1) is 16.9 Å². The third kappa shape index (κ3) is 2.77. The Morgan fingerprint density at radius 1 is 1.00 bits per heavy atom. The Bertz CT molecular complexity index is 729. The van der Waals surface area contributed by atoms with E-state index in [9.17, 15) is 18.5 Å². The van der Waals surface area contributed by atoms with Gasteiger partial charge in [0.15, 0.2) is 0 Å². The molecule has 2 aromatic rings. The minimum Gasteiger partial charge on any atom is -0.258 e. The molecule has 0 radical (unpaired) electrons. The number of hydrogen-bond acceptors (Lipinski definition) is 4. The molecule has 0 bridgehead atoms. The highest BCUT2D eigenvalue weighted by Gasteiger charge is 2.26. The maximum absolute atomic E-state index is 12.0. The van der Waals surface area contributed by atoms with E-state index in [4.69, 9.17) is 0 Å². The maximum Gasteiger partial charge on any atom is 0.293 e. The molecular weight excluding hydrogens is 280 g/mol. The van der Waals surface area contributed by atoms with Gasteiger partial charge in [0.2, 0.25) is 10.0 Å². The van der Waals surface area contributed by atoms with Crippen molar-refractivity contribution >= 4 is 27.1 Å². The Hall–Kier alpha value is -2.41.